The molecular weight excluding hydrogens is 216 g/mol. The van der Waals surface area contributed by atoms with Gasteiger partial charge >= 0.3 is 0 Å². The summed E-state index contributed by atoms with van der Waals surface area (Å²) in [6.07, 6.45) is 5.72. The molecule has 0 aromatic carbocycles. The Morgan fingerprint density at radius 1 is 1.35 bits per heavy atom. The van der Waals surface area contributed by atoms with Gasteiger partial charge in [0.05, 0.1) is 17.6 Å². The largest absolute Gasteiger partial charge is 0.394 e. The summed E-state index contributed by atoms with van der Waals surface area (Å²) in [6, 6.07) is 0. The molecule has 1 amide bonds. The quantitative estimate of drug-likeness (QED) is 0.680. The third kappa shape index (κ3) is 2.47. The molecule has 0 aromatic heterocycles. The number of hydrogen-bond donors (Lipinski definition) is 3. The molecule has 2 aliphatic carbocycles. The standard InChI is InChI=1S/C13H24N2O2/c1-10-2-4-13(9-16,5-3-10)15-11(17)12(8-14)6-7-12/h10,16H,2-9,14H2,1H3,(H,15,17). The van der Waals surface area contributed by atoms with E-state index in [1.807, 2.05) is 0 Å². The predicted octanol–water partition coefficient (Wildman–Crippen LogP) is 0.783. The smallest absolute Gasteiger partial charge is 0.228 e. The van der Waals surface area contributed by atoms with Crippen molar-refractivity contribution in [3.05, 3.63) is 0 Å². The van der Waals surface area contributed by atoms with Crippen LogP contribution in [-0.4, -0.2) is 29.7 Å². The lowest BCUT2D eigenvalue weighted by Gasteiger charge is -2.39. The van der Waals surface area contributed by atoms with Crippen LogP contribution in [0.25, 0.3) is 0 Å². The van der Waals surface area contributed by atoms with Crippen molar-refractivity contribution in [3.63, 3.8) is 0 Å². The maximum absolute atomic E-state index is 12.2. The molecule has 2 fully saturated rings. The number of aliphatic hydroxyl groups is 1. The van der Waals surface area contributed by atoms with Crippen molar-refractivity contribution in [2.75, 3.05) is 13.2 Å². The van der Waals surface area contributed by atoms with Crippen LogP contribution in [0, 0.1) is 11.3 Å². The molecule has 0 unspecified atom stereocenters. The van der Waals surface area contributed by atoms with E-state index in [9.17, 15) is 9.90 Å². The molecule has 0 atom stereocenters. The van der Waals surface area contributed by atoms with Gasteiger partial charge in [-0.25, -0.2) is 0 Å². The number of nitrogens with two attached hydrogens (primary N) is 1. The summed E-state index contributed by atoms with van der Waals surface area (Å²) in [4.78, 5) is 12.2. The summed E-state index contributed by atoms with van der Waals surface area (Å²) < 4.78 is 0. The van der Waals surface area contributed by atoms with E-state index in [0.717, 1.165) is 38.5 Å². The third-order valence-corrected chi connectivity index (χ3v) is 4.64. The molecule has 0 heterocycles. The van der Waals surface area contributed by atoms with Gasteiger partial charge < -0.3 is 16.2 Å². The highest BCUT2D eigenvalue weighted by atomic mass is 16.3. The summed E-state index contributed by atoms with van der Waals surface area (Å²) >= 11 is 0. The fourth-order valence-corrected chi connectivity index (χ4v) is 2.69. The Morgan fingerprint density at radius 3 is 2.35 bits per heavy atom. The van der Waals surface area contributed by atoms with Crippen molar-refractivity contribution in [2.24, 2.45) is 17.1 Å². The van der Waals surface area contributed by atoms with Crippen LogP contribution in [0.2, 0.25) is 0 Å². The highest BCUT2D eigenvalue weighted by Gasteiger charge is 2.50. The van der Waals surface area contributed by atoms with Gasteiger partial charge in [0.15, 0.2) is 0 Å². The van der Waals surface area contributed by atoms with Crippen molar-refractivity contribution in [1.29, 1.82) is 0 Å². The van der Waals surface area contributed by atoms with Gasteiger partial charge in [-0.2, -0.15) is 0 Å². The molecule has 0 spiro atoms. The molecule has 17 heavy (non-hydrogen) atoms. The first-order valence-electron chi connectivity index (χ1n) is 6.69. The van der Waals surface area contributed by atoms with E-state index in [0.29, 0.717) is 12.5 Å². The summed E-state index contributed by atoms with van der Waals surface area (Å²) in [5, 5.41) is 12.7. The van der Waals surface area contributed by atoms with E-state index in [-0.39, 0.29) is 23.5 Å². The van der Waals surface area contributed by atoms with E-state index >= 15 is 0 Å². The lowest BCUT2D eigenvalue weighted by Crippen LogP contribution is -2.56. The van der Waals surface area contributed by atoms with E-state index in [4.69, 9.17) is 5.73 Å². The monoisotopic (exact) mass is 240 g/mol. The van der Waals surface area contributed by atoms with Gasteiger partial charge in [-0.1, -0.05) is 6.92 Å². The van der Waals surface area contributed by atoms with Crippen molar-refractivity contribution in [3.8, 4) is 0 Å². The Bertz CT molecular complexity index is 292. The minimum atomic E-state index is -0.381. The maximum atomic E-state index is 12.2. The summed E-state index contributed by atoms with van der Waals surface area (Å²) in [6.45, 7) is 2.70. The van der Waals surface area contributed by atoms with Gasteiger partial charge in [-0.15, -0.1) is 0 Å². The molecule has 0 saturated heterocycles. The van der Waals surface area contributed by atoms with Crippen LogP contribution < -0.4 is 11.1 Å². The average Bonchev–Trinajstić information content (AvgIpc) is 3.13. The first-order valence-corrected chi connectivity index (χ1v) is 6.69. The average molecular weight is 240 g/mol. The second-order valence-corrected chi connectivity index (χ2v) is 6.06. The molecule has 2 rings (SSSR count). The number of rotatable bonds is 4. The number of carbonyl (C=O) groups excluding carboxylic acids is 1. The van der Waals surface area contributed by atoms with Gasteiger partial charge in [0.1, 0.15) is 0 Å². The van der Waals surface area contributed by atoms with Gasteiger partial charge in [0, 0.05) is 6.54 Å². The van der Waals surface area contributed by atoms with Crippen LogP contribution in [0.4, 0.5) is 0 Å². The molecule has 0 aromatic rings. The summed E-state index contributed by atoms with van der Waals surface area (Å²) in [5.74, 6) is 0.763. The Morgan fingerprint density at radius 2 is 1.94 bits per heavy atom. The van der Waals surface area contributed by atoms with Crippen molar-refractivity contribution < 1.29 is 9.90 Å². The molecule has 4 nitrogen and oxygen atoms in total. The zero-order valence-corrected chi connectivity index (χ0v) is 10.7. The van der Waals surface area contributed by atoms with Crippen molar-refractivity contribution in [1.82, 2.24) is 5.32 Å². The second kappa shape index (κ2) is 4.58. The lowest BCUT2D eigenvalue weighted by molar-refractivity contribution is -0.129. The number of aliphatic hydroxyl groups excluding tert-OH is 1. The zero-order chi connectivity index (χ0) is 12.5. The Labute approximate surface area is 103 Å². The number of nitrogens with one attached hydrogen (secondary N) is 1. The van der Waals surface area contributed by atoms with Crippen LogP contribution in [0.15, 0.2) is 0 Å². The van der Waals surface area contributed by atoms with E-state index in [1.54, 1.807) is 0 Å². The van der Waals surface area contributed by atoms with Crippen LogP contribution in [-0.2, 0) is 4.79 Å². The molecule has 0 aliphatic heterocycles. The molecule has 98 valence electrons. The predicted molar refractivity (Wildman–Crippen MR) is 66.3 cm³/mol. The van der Waals surface area contributed by atoms with Gasteiger partial charge in [-0.3, -0.25) is 4.79 Å². The minimum absolute atomic E-state index is 0.0477. The minimum Gasteiger partial charge on any atom is -0.394 e. The van der Waals surface area contributed by atoms with Crippen molar-refractivity contribution >= 4 is 5.91 Å². The van der Waals surface area contributed by atoms with Gasteiger partial charge in [0.2, 0.25) is 5.91 Å². The fourth-order valence-electron chi connectivity index (χ4n) is 2.69. The molecule has 0 bridgehead atoms. The molecule has 4 heteroatoms. The number of hydrogen-bond acceptors (Lipinski definition) is 3. The zero-order valence-electron chi connectivity index (χ0n) is 10.7. The molecule has 2 aliphatic rings. The molecule has 2 saturated carbocycles. The number of amides is 1. The van der Waals surface area contributed by atoms with E-state index < -0.39 is 0 Å². The number of carbonyl (C=O) groups is 1. The molecule has 4 N–H and O–H groups in total. The van der Waals surface area contributed by atoms with Crippen LogP contribution in [0.5, 0.6) is 0 Å². The second-order valence-electron chi connectivity index (χ2n) is 6.06. The van der Waals surface area contributed by atoms with Crippen molar-refractivity contribution in [2.45, 2.75) is 51.0 Å². The fraction of sp³-hybridized carbons (Fsp3) is 0.923. The van der Waals surface area contributed by atoms with Gasteiger partial charge in [-0.05, 0) is 44.4 Å². The Hall–Kier alpha value is -0.610. The molecule has 0 radical (unpaired) electrons. The summed E-state index contributed by atoms with van der Waals surface area (Å²) in [5.41, 5.74) is 4.96. The van der Waals surface area contributed by atoms with Crippen LogP contribution >= 0.6 is 0 Å². The van der Waals surface area contributed by atoms with Crippen LogP contribution in [0.1, 0.15) is 45.4 Å². The van der Waals surface area contributed by atoms with E-state index in [1.165, 1.54) is 0 Å². The SMILES string of the molecule is CC1CCC(CO)(NC(=O)C2(CN)CC2)CC1. The Kier molecular flexibility index (Phi) is 3.46. The molecular formula is C13H24N2O2. The van der Waals surface area contributed by atoms with Crippen LogP contribution in [0.3, 0.4) is 0 Å². The third-order valence-electron chi connectivity index (χ3n) is 4.64. The summed E-state index contributed by atoms with van der Waals surface area (Å²) in [7, 11) is 0. The van der Waals surface area contributed by atoms with E-state index in [2.05, 4.69) is 12.2 Å². The van der Waals surface area contributed by atoms with Gasteiger partial charge in [0.25, 0.3) is 0 Å². The maximum Gasteiger partial charge on any atom is 0.228 e. The topological polar surface area (TPSA) is 75.3 Å². The first-order chi connectivity index (χ1) is 8.06. The first kappa shape index (κ1) is 12.8. The highest BCUT2D eigenvalue weighted by Crippen LogP contribution is 2.45. The highest BCUT2D eigenvalue weighted by molar-refractivity contribution is 5.86. The lowest BCUT2D eigenvalue weighted by atomic mass is 9.77. The Balaban J connectivity index is 1.97. The normalized spacial score (nSPS) is 35.4.